The number of nitrogens with zero attached hydrogens (tertiary/aromatic N) is 1. The minimum Gasteiger partial charge on any atom is -0.311 e. The number of hydrogen-bond acceptors (Lipinski definition) is 3. The summed E-state index contributed by atoms with van der Waals surface area (Å²) in [6.45, 7) is 8.57. The van der Waals surface area contributed by atoms with Crippen molar-refractivity contribution >= 4 is 11.8 Å². The fourth-order valence-corrected chi connectivity index (χ4v) is 4.87. The lowest BCUT2D eigenvalue weighted by Crippen LogP contribution is -2.65. The second kappa shape index (κ2) is 8.79. The molecule has 0 aromatic heterocycles. The van der Waals surface area contributed by atoms with Crippen LogP contribution in [0, 0.1) is 5.92 Å². The quantitative estimate of drug-likeness (QED) is 0.711. The minimum absolute atomic E-state index is 0.420. The maximum Gasteiger partial charge on any atom is 0.0329 e. The second-order valence-electron chi connectivity index (χ2n) is 7.11. The highest BCUT2D eigenvalue weighted by Crippen LogP contribution is 2.33. The number of rotatable bonds is 7. The van der Waals surface area contributed by atoms with Crippen molar-refractivity contribution in [2.75, 3.05) is 31.6 Å². The second-order valence-corrected chi connectivity index (χ2v) is 8.09. The van der Waals surface area contributed by atoms with E-state index in [1.54, 1.807) is 0 Å². The zero-order valence-electron chi connectivity index (χ0n) is 14.5. The summed E-state index contributed by atoms with van der Waals surface area (Å²) in [4.78, 5) is 2.86. The monoisotopic (exact) mass is 312 g/mol. The number of nitrogens with one attached hydrogen (secondary N) is 1. The third-order valence-corrected chi connectivity index (χ3v) is 6.79. The molecule has 1 saturated carbocycles. The van der Waals surface area contributed by atoms with Gasteiger partial charge in [-0.2, -0.15) is 11.8 Å². The van der Waals surface area contributed by atoms with Gasteiger partial charge >= 0.3 is 0 Å². The van der Waals surface area contributed by atoms with Crippen LogP contribution in [0.1, 0.15) is 65.2 Å². The molecule has 3 heteroatoms. The molecule has 124 valence electrons. The summed E-state index contributed by atoms with van der Waals surface area (Å²) in [5.41, 5.74) is 0.420. The third kappa shape index (κ3) is 4.39. The number of piperazine rings is 1. The van der Waals surface area contributed by atoms with Gasteiger partial charge < -0.3 is 5.32 Å². The molecular formula is C18H36N2S. The SMILES string of the molecule is CCC1(CC)CNC(C2CCCCC2)CN1CCCSC. The van der Waals surface area contributed by atoms with E-state index in [9.17, 15) is 0 Å². The van der Waals surface area contributed by atoms with Crippen molar-refractivity contribution in [2.45, 2.75) is 76.8 Å². The first-order valence-corrected chi connectivity index (χ1v) is 10.6. The normalized spacial score (nSPS) is 27.9. The van der Waals surface area contributed by atoms with E-state index in [-0.39, 0.29) is 0 Å². The van der Waals surface area contributed by atoms with Crippen LogP contribution in [-0.2, 0) is 0 Å². The van der Waals surface area contributed by atoms with Crippen LogP contribution in [0.3, 0.4) is 0 Å². The molecule has 2 nitrogen and oxygen atoms in total. The maximum atomic E-state index is 3.96. The first-order chi connectivity index (χ1) is 10.3. The molecule has 1 saturated heterocycles. The Kier molecular flexibility index (Phi) is 7.37. The van der Waals surface area contributed by atoms with Crippen LogP contribution < -0.4 is 5.32 Å². The number of hydrogen-bond donors (Lipinski definition) is 1. The summed E-state index contributed by atoms with van der Waals surface area (Å²) < 4.78 is 0. The summed E-state index contributed by atoms with van der Waals surface area (Å²) in [6, 6.07) is 0.755. The molecule has 1 heterocycles. The van der Waals surface area contributed by atoms with E-state index >= 15 is 0 Å². The van der Waals surface area contributed by atoms with E-state index in [1.807, 2.05) is 11.8 Å². The fraction of sp³-hybridized carbons (Fsp3) is 1.00. The first-order valence-electron chi connectivity index (χ1n) is 9.23. The molecule has 0 spiro atoms. The van der Waals surface area contributed by atoms with Crippen molar-refractivity contribution in [3.05, 3.63) is 0 Å². The molecule has 1 unspecified atom stereocenters. The topological polar surface area (TPSA) is 15.3 Å². The van der Waals surface area contributed by atoms with Crippen LogP contribution >= 0.6 is 11.8 Å². The van der Waals surface area contributed by atoms with Gasteiger partial charge in [0.2, 0.25) is 0 Å². The molecule has 2 rings (SSSR count). The summed E-state index contributed by atoms with van der Waals surface area (Å²) in [6.07, 6.45) is 13.5. The average molecular weight is 313 g/mol. The van der Waals surface area contributed by atoms with Crippen molar-refractivity contribution in [1.82, 2.24) is 10.2 Å². The van der Waals surface area contributed by atoms with Gasteiger partial charge in [0.15, 0.2) is 0 Å². The molecule has 1 N–H and O–H groups in total. The summed E-state index contributed by atoms with van der Waals surface area (Å²) >= 11 is 1.99. The Bertz CT molecular complexity index is 285. The molecule has 0 amide bonds. The molecule has 2 fully saturated rings. The molecule has 0 aromatic carbocycles. The van der Waals surface area contributed by atoms with Gasteiger partial charge in [-0.15, -0.1) is 0 Å². The fourth-order valence-electron chi connectivity index (χ4n) is 4.46. The van der Waals surface area contributed by atoms with Gasteiger partial charge in [-0.3, -0.25) is 4.90 Å². The van der Waals surface area contributed by atoms with Gasteiger partial charge in [-0.1, -0.05) is 33.1 Å². The van der Waals surface area contributed by atoms with Gasteiger partial charge in [0.25, 0.3) is 0 Å². The highest BCUT2D eigenvalue weighted by molar-refractivity contribution is 7.98. The first kappa shape index (κ1) is 17.6. The van der Waals surface area contributed by atoms with Crippen molar-refractivity contribution in [3.8, 4) is 0 Å². The van der Waals surface area contributed by atoms with E-state index in [4.69, 9.17) is 0 Å². The zero-order chi connectivity index (χ0) is 15.1. The molecule has 1 aliphatic heterocycles. The Morgan fingerprint density at radius 3 is 2.48 bits per heavy atom. The van der Waals surface area contributed by atoms with Gasteiger partial charge in [-0.05, 0) is 56.6 Å². The molecule has 0 aromatic rings. The molecule has 21 heavy (non-hydrogen) atoms. The predicted octanol–water partition coefficient (Wildman–Crippen LogP) is 4.15. The van der Waals surface area contributed by atoms with E-state index in [0.717, 1.165) is 12.0 Å². The Hall–Kier alpha value is 0.270. The van der Waals surface area contributed by atoms with Crippen LogP contribution in [0.25, 0.3) is 0 Å². The molecule has 1 aliphatic carbocycles. The third-order valence-electron chi connectivity index (χ3n) is 6.09. The lowest BCUT2D eigenvalue weighted by molar-refractivity contribution is 0.0149. The van der Waals surface area contributed by atoms with Crippen LogP contribution in [0.2, 0.25) is 0 Å². The number of thioether (sulfide) groups is 1. The lowest BCUT2D eigenvalue weighted by atomic mass is 9.79. The van der Waals surface area contributed by atoms with Gasteiger partial charge in [-0.25, -0.2) is 0 Å². The van der Waals surface area contributed by atoms with Crippen LogP contribution in [0.5, 0.6) is 0 Å². The van der Waals surface area contributed by atoms with Crippen LogP contribution in [0.15, 0.2) is 0 Å². The van der Waals surface area contributed by atoms with Crippen molar-refractivity contribution in [1.29, 1.82) is 0 Å². The Morgan fingerprint density at radius 1 is 1.14 bits per heavy atom. The van der Waals surface area contributed by atoms with Crippen molar-refractivity contribution in [3.63, 3.8) is 0 Å². The smallest absolute Gasteiger partial charge is 0.0329 e. The standard InChI is InChI=1S/C18H36N2S/c1-4-18(5-2)15-19-17(16-10-7-6-8-11-16)14-20(18)12-9-13-21-3/h16-17,19H,4-15H2,1-3H3. The Morgan fingerprint density at radius 2 is 1.86 bits per heavy atom. The zero-order valence-corrected chi connectivity index (χ0v) is 15.3. The van der Waals surface area contributed by atoms with Crippen molar-refractivity contribution < 1.29 is 0 Å². The van der Waals surface area contributed by atoms with Gasteiger partial charge in [0, 0.05) is 24.7 Å². The predicted molar refractivity (Wildman–Crippen MR) is 96.3 cm³/mol. The van der Waals surface area contributed by atoms with E-state index in [2.05, 4.69) is 30.3 Å². The van der Waals surface area contributed by atoms with Crippen LogP contribution in [-0.4, -0.2) is 48.1 Å². The van der Waals surface area contributed by atoms with Crippen molar-refractivity contribution in [2.24, 2.45) is 5.92 Å². The summed E-state index contributed by atoms with van der Waals surface area (Å²) in [7, 11) is 0. The molecular weight excluding hydrogens is 276 g/mol. The van der Waals surface area contributed by atoms with E-state index in [1.165, 1.54) is 76.8 Å². The summed E-state index contributed by atoms with van der Waals surface area (Å²) in [5, 5.41) is 3.96. The average Bonchev–Trinajstić information content (AvgIpc) is 2.56. The largest absolute Gasteiger partial charge is 0.311 e. The van der Waals surface area contributed by atoms with E-state index < -0.39 is 0 Å². The highest BCUT2D eigenvalue weighted by Gasteiger charge is 2.40. The molecule has 0 bridgehead atoms. The molecule has 2 aliphatic rings. The maximum absolute atomic E-state index is 3.96. The molecule has 0 radical (unpaired) electrons. The van der Waals surface area contributed by atoms with Crippen LogP contribution in [0.4, 0.5) is 0 Å². The van der Waals surface area contributed by atoms with E-state index in [0.29, 0.717) is 5.54 Å². The molecule has 1 atom stereocenters. The Balaban J connectivity index is 1.97. The lowest BCUT2D eigenvalue weighted by Gasteiger charge is -2.51. The van der Waals surface area contributed by atoms with Gasteiger partial charge in [0.1, 0.15) is 0 Å². The summed E-state index contributed by atoms with van der Waals surface area (Å²) in [5.74, 6) is 2.25. The van der Waals surface area contributed by atoms with Gasteiger partial charge in [0.05, 0.1) is 0 Å². The highest BCUT2D eigenvalue weighted by atomic mass is 32.2. The minimum atomic E-state index is 0.420. The Labute approximate surface area is 136 Å².